The molecule has 0 aliphatic carbocycles. The van der Waals surface area contributed by atoms with Crippen molar-refractivity contribution in [2.75, 3.05) is 51.7 Å². The molecule has 1 fully saturated rings. The van der Waals surface area contributed by atoms with Gasteiger partial charge in [0.25, 0.3) is 0 Å². The van der Waals surface area contributed by atoms with Gasteiger partial charge >= 0.3 is 0 Å². The number of piperazine rings is 1. The molecule has 0 atom stereocenters. The smallest absolute Gasteiger partial charge is 0.244 e. The Hall–Kier alpha value is -2.30. The Bertz CT molecular complexity index is 902. The second-order valence-electron chi connectivity index (χ2n) is 6.44. The van der Waals surface area contributed by atoms with Gasteiger partial charge in [0.1, 0.15) is 23.1 Å². The molecule has 10 heteroatoms. The third kappa shape index (κ3) is 4.94. The lowest BCUT2D eigenvalue weighted by Gasteiger charge is -2.31. The Morgan fingerprint density at radius 2 is 1.86 bits per heavy atom. The normalized spacial score (nSPS) is 16.1. The van der Waals surface area contributed by atoms with Crippen molar-refractivity contribution < 1.29 is 21.9 Å². The van der Waals surface area contributed by atoms with E-state index in [4.69, 9.17) is 4.74 Å². The summed E-state index contributed by atoms with van der Waals surface area (Å²) in [5.74, 6) is -1.18. The number of likely N-dealkylation sites (N-methyl/N-ethyl adjacent to an activating group) is 1. The Balaban J connectivity index is 1.50. The van der Waals surface area contributed by atoms with Gasteiger partial charge in [-0.3, -0.25) is 0 Å². The fourth-order valence-electron chi connectivity index (χ4n) is 2.73. The number of hydrogen-bond acceptors (Lipinski definition) is 6. The summed E-state index contributed by atoms with van der Waals surface area (Å²) in [7, 11) is -1.58. The van der Waals surface area contributed by atoms with Gasteiger partial charge in [0.15, 0.2) is 11.6 Å². The number of pyridine rings is 1. The molecule has 28 heavy (non-hydrogen) atoms. The Labute approximate surface area is 163 Å². The maximum absolute atomic E-state index is 13.1. The molecule has 1 saturated heterocycles. The summed E-state index contributed by atoms with van der Waals surface area (Å²) in [4.78, 5) is 6.37. The SMILES string of the molecule is CN1CCN(S(=O)(=O)c2ccc(NCCOc3ccc(F)c(F)c3)nc2)CC1. The lowest BCUT2D eigenvalue weighted by Crippen LogP contribution is -2.47. The quantitative estimate of drug-likeness (QED) is 0.699. The van der Waals surface area contributed by atoms with Gasteiger partial charge in [-0.25, -0.2) is 22.2 Å². The predicted octanol–water partition coefficient (Wildman–Crippen LogP) is 1.79. The summed E-state index contributed by atoms with van der Waals surface area (Å²) in [6.45, 7) is 2.87. The monoisotopic (exact) mass is 412 g/mol. The standard InChI is InChI=1S/C18H22F2N4O3S/c1-23-7-9-24(10-8-23)28(25,26)15-3-5-18(22-13-15)21-6-11-27-14-2-4-16(19)17(20)12-14/h2-5,12-13H,6-11H2,1H3,(H,21,22). The average Bonchev–Trinajstić information content (AvgIpc) is 2.69. The number of hydrogen-bond donors (Lipinski definition) is 1. The molecule has 2 aromatic rings. The molecule has 0 radical (unpaired) electrons. The minimum Gasteiger partial charge on any atom is -0.492 e. The molecular weight excluding hydrogens is 390 g/mol. The van der Waals surface area contributed by atoms with Crippen molar-refractivity contribution in [3.05, 3.63) is 48.2 Å². The van der Waals surface area contributed by atoms with E-state index in [1.807, 2.05) is 7.05 Å². The second-order valence-corrected chi connectivity index (χ2v) is 8.38. The van der Waals surface area contributed by atoms with E-state index in [1.54, 1.807) is 6.07 Å². The van der Waals surface area contributed by atoms with E-state index in [1.165, 1.54) is 22.6 Å². The van der Waals surface area contributed by atoms with Crippen molar-refractivity contribution in [1.82, 2.24) is 14.2 Å². The molecular formula is C18H22F2N4O3S. The highest BCUT2D eigenvalue weighted by atomic mass is 32.2. The fourth-order valence-corrected chi connectivity index (χ4v) is 4.10. The number of halogens is 2. The van der Waals surface area contributed by atoms with Crippen LogP contribution in [0.2, 0.25) is 0 Å². The zero-order valence-electron chi connectivity index (χ0n) is 15.4. The number of benzene rings is 1. The van der Waals surface area contributed by atoms with Gasteiger partial charge in [-0.15, -0.1) is 0 Å². The van der Waals surface area contributed by atoms with Gasteiger partial charge in [0.05, 0.1) is 6.54 Å². The summed E-state index contributed by atoms with van der Waals surface area (Å²) in [5, 5.41) is 2.99. The van der Waals surface area contributed by atoms with Crippen LogP contribution in [-0.4, -0.2) is 69.0 Å². The van der Waals surface area contributed by atoms with Gasteiger partial charge in [-0.1, -0.05) is 0 Å². The lowest BCUT2D eigenvalue weighted by atomic mass is 10.3. The van der Waals surface area contributed by atoms with Crippen LogP contribution in [0.15, 0.2) is 41.4 Å². The minimum atomic E-state index is -3.55. The molecule has 3 rings (SSSR count). The van der Waals surface area contributed by atoms with Crippen LogP contribution in [0.3, 0.4) is 0 Å². The first-order chi connectivity index (χ1) is 13.4. The van der Waals surface area contributed by atoms with Crippen LogP contribution in [0.25, 0.3) is 0 Å². The fraction of sp³-hybridized carbons (Fsp3) is 0.389. The molecule has 1 aliphatic rings. The topological polar surface area (TPSA) is 74.8 Å². The van der Waals surface area contributed by atoms with Crippen molar-refractivity contribution in [2.45, 2.75) is 4.90 Å². The molecule has 7 nitrogen and oxygen atoms in total. The molecule has 0 saturated carbocycles. The zero-order chi connectivity index (χ0) is 20.1. The molecule has 0 amide bonds. The Morgan fingerprint density at radius 1 is 1.11 bits per heavy atom. The molecule has 1 aromatic carbocycles. The number of ether oxygens (including phenoxy) is 1. The minimum absolute atomic E-state index is 0.153. The number of rotatable bonds is 7. The van der Waals surface area contributed by atoms with E-state index in [-0.39, 0.29) is 17.3 Å². The first-order valence-corrected chi connectivity index (χ1v) is 10.3. The van der Waals surface area contributed by atoms with E-state index in [0.29, 0.717) is 38.5 Å². The van der Waals surface area contributed by atoms with Crippen LogP contribution in [0.4, 0.5) is 14.6 Å². The van der Waals surface area contributed by atoms with Crippen LogP contribution < -0.4 is 10.1 Å². The Morgan fingerprint density at radius 3 is 2.50 bits per heavy atom. The number of aromatic nitrogens is 1. The highest BCUT2D eigenvalue weighted by Crippen LogP contribution is 2.18. The van der Waals surface area contributed by atoms with Gasteiger partial charge in [-0.05, 0) is 31.3 Å². The summed E-state index contributed by atoms with van der Waals surface area (Å²) in [6, 6.07) is 6.42. The van der Waals surface area contributed by atoms with E-state index in [9.17, 15) is 17.2 Å². The van der Waals surface area contributed by atoms with Crippen LogP contribution in [0.5, 0.6) is 5.75 Å². The summed E-state index contributed by atoms with van der Waals surface area (Å²) < 4.78 is 58.0. The highest BCUT2D eigenvalue weighted by Gasteiger charge is 2.27. The molecule has 2 heterocycles. The zero-order valence-corrected chi connectivity index (χ0v) is 16.3. The summed E-state index contributed by atoms with van der Waals surface area (Å²) >= 11 is 0. The number of sulfonamides is 1. The Kier molecular flexibility index (Phi) is 6.42. The van der Waals surface area contributed by atoms with Gasteiger partial charge in [0, 0.05) is 38.4 Å². The van der Waals surface area contributed by atoms with Crippen molar-refractivity contribution in [1.29, 1.82) is 0 Å². The highest BCUT2D eigenvalue weighted by molar-refractivity contribution is 7.89. The van der Waals surface area contributed by atoms with Crippen LogP contribution in [-0.2, 0) is 10.0 Å². The van der Waals surface area contributed by atoms with Gasteiger partial charge in [0.2, 0.25) is 10.0 Å². The number of nitrogens with zero attached hydrogens (tertiary/aromatic N) is 3. The second kappa shape index (κ2) is 8.80. The molecule has 1 N–H and O–H groups in total. The van der Waals surface area contributed by atoms with Crippen LogP contribution in [0, 0.1) is 11.6 Å². The van der Waals surface area contributed by atoms with Crippen molar-refractivity contribution in [3.63, 3.8) is 0 Å². The number of anilines is 1. The molecule has 152 valence electrons. The van der Waals surface area contributed by atoms with E-state index >= 15 is 0 Å². The van der Waals surface area contributed by atoms with E-state index in [2.05, 4.69) is 15.2 Å². The molecule has 1 aromatic heterocycles. The van der Waals surface area contributed by atoms with Crippen LogP contribution in [0.1, 0.15) is 0 Å². The maximum Gasteiger partial charge on any atom is 0.244 e. The molecule has 1 aliphatic heterocycles. The molecule has 0 spiro atoms. The summed E-state index contributed by atoms with van der Waals surface area (Å²) in [6.07, 6.45) is 1.33. The van der Waals surface area contributed by atoms with Crippen molar-refractivity contribution in [3.8, 4) is 5.75 Å². The molecule has 0 bridgehead atoms. The van der Waals surface area contributed by atoms with Gasteiger partial charge < -0.3 is 15.0 Å². The maximum atomic E-state index is 13.1. The third-order valence-electron chi connectivity index (χ3n) is 4.40. The predicted molar refractivity (Wildman–Crippen MR) is 101 cm³/mol. The third-order valence-corrected chi connectivity index (χ3v) is 6.29. The van der Waals surface area contributed by atoms with E-state index < -0.39 is 21.7 Å². The van der Waals surface area contributed by atoms with Crippen molar-refractivity contribution in [2.24, 2.45) is 0 Å². The van der Waals surface area contributed by atoms with Gasteiger partial charge in [-0.2, -0.15) is 4.31 Å². The largest absolute Gasteiger partial charge is 0.492 e. The van der Waals surface area contributed by atoms with Crippen molar-refractivity contribution >= 4 is 15.8 Å². The van der Waals surface area contributed by atoms with E-state index in [0.717, 1.165) is 12.1 Å². The lowest BCUT2D eigenvalue weighted by molar-refractivity contribution is 0.222. The first-order valence-electron chi connectivity index (χ1n) is 8.83. The number of nitrogens with one attached hydrogen (secondary N) is 1. The average molecular weight is 412 g/mol. The first kappa shape index (κ1) is 20.4. The molecule has 0 unspecified atom stereocenters. The summed E-state index contributed by atoms with van der Waals surface area (Å²) in [5.41, 5.74) is 0. The van der Waals surface area contributed by atoms with Crippen LogP contribution >= 0.6 is 0 Å².